The zero-order valence-electron chi connectivity index (χ0n) is 15.2. The zero-order valence-corrected chi connectivity index (χ0v) is 15.2. The molecule has 2 N–H and O–H groups in total. The Labute approximate surface area is 156 Å². The van der Waals surface area contributed by atoms with Crippen LogP contribution in [0, 0.1) is 12.7 Å². The van der Waals surface area contributed by atoms with Gasteiger partial charge in [0, 0.05) is 43.8 Å². The standard InChI is InChI=1S/C19H21FN6O/c1-12-9-26-11-15(7-16(20)18(26)23-12)24-19(27)13-3-4-17(22-8-13)25-6-5-14(10-25)21-2/h3-4,7-9,11,14,21H,5-6,10H2,1-2H3,(H,24,27)/t14-/m1/s1. The van der Waals surface area contributed by atoms with Gasteiger partial charge in [0.2, 0.25) is 0 Å². The fourth-order valence-electron chi connectivity index (χ4n) is 3.36. The van der Waals surface area contributed by atoms with Gasteiger partial charge in [0.1, 0.15) is 5.82 Å². The molecule has 7 nitrogen and oxygen atoms in total. The molecule has 1 aliphatic heterocycles. The van der Waals surface area contributed by atoms with Crippen LogP contribution in [-0.4, -0.2) is 46.5 Å². The van der Waals surface area contributed by atoms with E-state index >= 15 is 0 Å². The molecule has 0 unspecified atom stereocenters. The number of rotatable bonds is 4. The number of fused-ring (bicyclic) bond motifs is 1. The van der Waals surface area contributed by atoms with Crippen molar-refractivity contribution in [2.75, 3.05) is 30.4 Å². The molecule has 0 saturated carbocycles. The minimum absolute atomic E-state index is 0.238. The lowest BCUT2D eigenvalue weighted by Gasteiger charge is -2.17. The maximum atomic E-state index is 14.1. The van der Waals surface area contributed by atoms with Crippen molar-refractivity contribution < 1.29 is 9.18 Å². The van der Waals surface area contributed by atoms with Gasteiger partial charge in [0.05, 0.1) is 16.9 Å². The summed E-state index contributed by atoms with van der Waals surface area (Å²) in [4.78, 5) is 23.2. The summed E-state index contributed by atoms with van der Waals surface area (Å²) in [7, 11) is 1.96. The van der Waals surface area contributed by atoms with Crippen LogP contribution in [0.4, 0.5) is 15.9 Å². The number of halogens is 1. The minimum atomic E-state index is -0.484. The molecule has 0 spiro atoms. The molecule has 1 atom stereocenters. The number of aryl methyl sites for hydroxylation is 1. The van der Waals surface area contributed by atoms with Crippen LogP contribution >= 0.6 is 0 Å². The summed E-state index contributed by atoms with van der Waals surface area (Å²) in [5.41, 5.74) is 1.73. The Morgan fingerprint density at radius 3 is 2.89 bits per heavy atom. The predicted molar refractivity (Wildman–Crippen MR) is 102 cm³/mol. The van der Waals surface area contributed by atoms with Gasteiger partial charge in [-0.3, -0.25) is 4.79 Å². The predicted octanol–water partition coefficient (Wildman–Crippen LogP) is 2.23. The topological polar surface area (TPSA) is 74.6 Å². The monoisotopic (exact) mass is 368 g/mol. The summed E-state index contributed by atoms with van der Waals surface area (Å²) in [6.07, 6.45) is 5.97. The van der Waals surface area contributed by atoms with Crippen molar-refractivity contribution in [3.8, 4) is 0 Å². The summed E-state index contributed by atoms with van der Waals surface area (Å²) in [6, 6.07) is 5.31. The molecular formula is C19H21FN6O. The fourth-order valence-corrected chi connectivity index (χ4v) is 3.36. The second kappa shape index (κ2) is 6.96. The third-order valence-electron chi connectivity index (χ3n) is 4.82. The molecule has 1 aliphatic rings. The lowest BCUT2D eigenvalue weighted by Crippen LogP contribution is -2.29. The average Bonchev–Trinajstić information content (AvgIpc) is 3.28. The number of hydrogen-bond donors (Lipinski definition) is 2. The van der Waals surface area contributed by atoms with Gasteiger partial charge in [-0.25, -0.2) is 14.4 Å². The van der Waals surface area contributed by atoms with Crippen LogP contribution in [-0.2, 0) is 0 Å². The highest BCUT2D eigenvalue weighted by molar-refractivity contribution is 6.04. The van der Waals surface area contributed by atoms with Crippen molar-refractivity contribution in [1.82, 2.24) is 19.7 Å². The number of nitrogens with zero attached hydrogens (tertiary/aromatic N) is 4. The molecule has 140 valence electrons. The van der Waals surface area contributed by atoms with Crippen LogP contribution in [0.15, 0.2) is 36.8 Å². The molecule has 0 radical (unpaired) electrons. The van der Waals surface area contributed by atoms with Crippen LogP contribution in [0.5, 0.6) is 0 Å². The number of aromatic nitrogens is 3. The largest absolute Gasteiger partial charge is 0.355 e. The van der Waals surface area contributed by atoms with E-state index in [0.717, 1.165) is 25.3 Å². The molecule has 8 heteroatoms. The third kappa shape index (κ3) is 3.48. The van der Waals surface area contributed by atoms with Crippen molar-refractivity contribution in [3.63, 3.8) is 0 Å². The number of pyridine rings is 2. The second-order valence-corrected chi connectivity index (χ2v) is 6.77. The van der Waals surface area contributed by atoms with Gasteiger partial charge in [0.25, 0.3) is 5.91 Å². The van der Waals surface area contributed by atoms with E-state index in [0.29, 0.717) is 23.0 Å². The molecular weight excluding hydrogens is 347 g/mol. The molecule has 4 rings (SSSR count). The number of anilines is 2. The first-order valence-corrected chi connectivity index (χ1v) is 8.88. The molecule has 0 aromatic carbocycles. The van der Waals surface area contributed by atoms with Crippen LogP contribution < -0.4 is 15.5 Å². The first-order valence-electron chi connectivity index (χ1n) is 8.88. The van der Waals surface area contributed by atoms with Gasteiger partial charge in [-0.1, -0.05) is 0 Å². The molecule has 27 heavy (non-hydrogen) atoms. The fraction of sp³-hybridized carbons (Fsp3) is 0.316. The normalized spacial score (nSPS) is 16.9. The lowest BCUT2D eigenvalue weighted by atomic mass is 10.2. The van der Waals surface area contributed by atoms with Gasteiger partial charge in [0.15, 0.2) is 11.5 Å². The number of carbonyl (C=O) groups is 1. The van der Waals surface area contributed by atoms with Crippen molar-refractivity contribution in [3.05, 3.63) is 53.9 Å². The van der Waals surface area contributed by atoms with Crippen LogP contribution in [0.3, 0.4) is 0 Å². The minimum Gasteiger partial charge on any atom is -0.355 e. The number of hydrogen-bond acceptors (Lipinski definition) is 5. The first-order chi connectivity index (χ1) is 13.0. The van der Waals surface area contributed by atoms with Gasteiger partial charge >= 0.3 is 0 Å². The van der Waals surface area contributed by atoms with Crippen LogP contribution in [0.2, 0.25) is 0 Å². The molecule has 1 fully saturated rings. The van der Waals surface area contributed by atoms with Crippen molar-refractivity contribution in [2.45, 2.75) is 19.4 Å². The Morgan fingerprint density at radius 1 is 1.33 bits per heavy atom. The zero-order chi connectivity index (χ0) is 19.0. The van der Waals surface area contributed by atoms with Crippen molar-refractivity contribution >= 4 is 23.1 Å². The Kier molecular flexibility index (Phi) is 4.49. The number of amides is 1. The summed E-state index contributed by atoms with van der Waals surface area (Å²) < 4.78 is 15.7. The van der Waals surface area contributed by atoms with E-state index in [9.17, 15) is 9.18 Å². The van der Waals surface area contributed by atoms with E-state index in [4.69, 9.17) is 0 Å². The molecule has 1 saturated heterocycles. The molecule has 0 bridgehead atoms. The molecule has 3 aromatic heterocycles. The van der Waals surface area contributed by atoms with E-state index in [2.05, 4.69) is 25.5 Å². The second-order valence-electron chi connectivity index (χ2n) is 6.77. The molecule has 1 amide bonds. The van der Waals surface area contributed by atoms with Gasteiger partial charge in [-0.05, 0) is 32.5 Å². The van der Waals surface area contributed by atoms with E-state index in [1.165, 1.54) is 6.07 Å². The molecule has 0 aliphatic carbocycles. The summed E-state index contributed by atoms with van der Waals surface area (Å²) in [5, 5.41) is 5.98. The molecule has 4 heterocycles. The highest BCUT2D eigenvalue weighted by atomic mass is 19.1. The van der Waals surface area contributed by atoms with E-state index in [1.807, 2.05) is 13.1 Å². The summed E-state index contributed by atoms with van der Waals surface area (Å²) in [6.45, 7) is 3.63. The maximum Gasteiger partial charge on any atom is 0.257 e. The highest BCUT2D eigenvalue weighted by Gasteiger charge is 2.22. The SMILES string of the molecule is CN[C@@H]1CCN(c2ccc(C(=O)Nc3cc(F)c4nc(C)cn4c3)cn2)C1. The van der Waals surface area contributed by atoms with E-state index in [-0.39, 0.29) is 11.6 Å². The summed E-state index contributed by atoms with van der Waals surface area (Å²) in [5.74, 6) is 0.0345. The highest BCUT2D eigenvalue weighted by Crippen LogP contribution is 2.20. The number of likely N-dealkylation sites (N-methyl/N-ethyl adjacent to an activating group) is 1. The Balaban J connectivity index is 1.48. The Morgan fingerprint density at radius 2 is 2.19 bits per heavy atom. The maximum absolute atomic E-state index is 14.1. The number of carbonyl (C=O) groups excluding carboxylic acids is 1. The van der Waals surface area contributed by atoms with E-state index < -0.39 is 5.82 Å². The van der Waals surface area contributed by atoms with Crippen LogP contribution in [0.1, 0.15) is 22.5 Å². The smallest absolute Gasteiger partial charge is 0.257 e. The van der Waals surface area contributed by atoms with Crippen molar-refractivity contribution in [1.29, 1.82) is 0 Å². The third-order valence-corrected chi connectivity index (χ3v) is 4.82. The average molecular weight is 368 g/mol. The molecule has 3 aromatic rings. The van der Waals surface area contributed by atoms with Gasteiger partial charge in [-0.2, -0.15) is 0 Å². The van der Waals surface area contributed by atoms with E-state index in [1.54, 1.807) is 36.0 Å². The number of imidazole rings is 1. The van der Waals surface area contributed by atoms with Gasteiger partial charge in [-0.15, -0.1) is 0 Å². The lowest BCUT2D eigenvalue weighted by molar-refractivity contribution is 0.102. The first kappa shape index (κ1) is 17.4. The Hall–Kier alpha value is -3.00. The number of nitrogens with one attached hydrogen (secondary N) is 2. The van der Waals surface area contributed by atoms with Gasteiger partial charge < -0.3 is 19.9 Å². The summed E-state index contributed by atoms with van der Waals surface area (Å²) >= 11 is 0. The quantitative estimate of drug-likeness (QED) is 0.739. The van der Waals surface area contributed by atoms with Crippen molar-refractivity contribution in [2.24, 2.45) is 0 Å². The Bertz CT molecular complexity index is 984. The van der Waals surface area contributed by atoms with Crippen LogP contribution in [0.25, 0.3) is 5.65 Å².